The molecular weight excluding hydrogens is 222 g/mol. The van der Waals surface area contributed by atoms with Crippen LogP contribution in [0.3, 0.4) is 0 Å². The Kier molecular flexibility index (Phi) is 4.40. The summed E-state index contributed by atoms with van der Waals surface area (Å²) in [6, 6.07) is 0. The number of rotatable bonds is 5. The molecule has 0 unspecified atom stereocenters. The van der Waals surface area contributed by atoms with Gasteiger partial charge in [0.25, 0.3) is 0 Å². The Morgan fingerprint density at radius 3 is 2.36 bits per heavy atom. The highest BCUT2D eigenvalue weighted by atomic mass is 32.2. The standard InChI is InChI=1S/C6H10F2O5S/c1-5(9)13-4-2-3-6(7,8)14(10,11)12/h2-4H2,1H3,(H,10,11,12). The van der Waals surface area contributed by atoms with Crippen LogP contribution in [0.15, 0.2) is 0 Å². The molecule has 0 fully saturated rings. The molecule has 5 nitrogen and oxygen atoms in total. The molecule has 0 saturated heterocycles. The van der Waals surface area contributed by atoms with Crippen molar-refractivity contribution in [3.8, 4) is 0 Å². The lowest BCUT2D eigenvalue weighted by molar-refractivity contribution is -0.141. The van der Waals surface area contributed by atoms with E-state index in [4.69, 9.17) is 4.55 Å². The summed E-state index contributed by atoms with van der Waals surface area (Å²) in [5, 5.41) is -4.19. The molecule has 1 N–H and O–H groups in total. The average Bonchev–Trinajstić information content (AvgIpc) is 1.95. The van der Waals surface area contributed by atoms with Crippen molar-refractivity contribution >= 4 is 16.1 Å². The van der Waals surface area contributed by atoms with Gasteiger partial charge in [-0.3, -0.25) is 9.35 Å². The lowest BCUT2D eigenvalue weighted by atomic mass is 10.3. The summed E-state index contributed by atoms with van der Waals surface area (Å²) in [5.74, 6) is -0.639. The van der Waals surface area contributed by atoms with E-state index in [1.54, 1.807) is 0 Å². The molecule has 0 heterocycles. The predicted octanol–water partition coefficient (Wildman–Crippen LogP) is 0.810. The highest BCUT2D eigenvalue weighted by molar-refractivity contribution is 7.86. The molecule has 0 aromatic heterocycles. The van der Waals surface area contributed by atoms with E-state index in [2.05, 4.69) is 4.74 Å². The number of carbonyl (C=O) groups excluding carboxylic acids is 1. The number of alkyl halides is 2. The normalized spacial score (nSPS) is 12.6. The van der Waals surface area contributed by atoms with E-state index in [0.717, 1.165) is 6.92 Å². The smallest absolute Gasteiger partial charge is 0.370 e. The van der Waals surface area contributed by atoms with Gasteiger partial charge in [0.05, 0.1) is 6.61 Å². The molecule has 0 aromatic rings. The van der Waals surface area contributed by atoms with Crippen molar-refractivity contribution in [1.29, 1.82) is 0 Å². The molecule has 8 heteroatoms. The molecule has 0 saturated carbocycles. The van der Waals surface area contributed by atoms with Crippen LogP contribution in [0.4, 0.5) is 8.78 Å². The first-order valence-electron chi connectivity index (χ1n) is 3.65. The van der Waals surface area contributed by atoms with Crippen LogP contribution >= 0.6 is 0 Å². The fourth-order valence-electron chi connectivity index (χ4n) is 0.623. The number of carbonyl (C=O) groups is 1. The van der Waals surface area contributed by atoms with Crippen LogP contribution < -0.4 is 0 Å². The van der Waals surface area contributed by atoms with Gasteiger partial charge in [0.1, 0.15) is 0 Å². The molecular formula is C6H10F2O5S. The van der Waals surface area contributed by atoms with Gasteiger partial charge in [-0.1, -0.05) is 0 Å². The Morgan fingerprint density at radius 1 is 1.50 bits per heavy atom. The summed E-state index contributed by atoms with van der Waals surface area (Å²) in [6.07, 6.45) is -1.43. The van der Waals surface area contributed by atoms with Crippen LogP contribution in [-0.2, 0) is 19.6 Å². The third-order valence-corrected chi connectivity index (χ3v) is 2.25. The van der Waals surface area contributed by atoms with E-state index >= 15 is 0 Å². The highest BCUT2D eigenvalue weighted by Gasteiger charge is 2.43. The second-order valence-electron chi connectivity index (χ2n) is 2.56. The molecule has 0 aliphatic heterocycles. The fraction of sp³-hybridized carbons (Fsp3) is 0.833. The van der Waals surface area contributed by atoms with Crippen LogP contribution in [0, 0.1) is 0 Å². The van der Waals surface area contributed by atoms with Gasteiger partial charge in [-0.2, -0.15) is 17.2 Å². The molecule has 0 atom stereocenters. The van der Waals surface area contributed by atoms with Gasteiger partial charge in [-0.15, -0.1) is 0 Å². The third kappa shape index (κ3) is 4.47. The number of halogens is 2. The summed E-state index contributed by atoms with van der Waals surface area (Å²) >= 11 is 0. The first-order valence-corrected chi connectivity index (χ1v) is 5.09. The summed E-state index contributed by atoms with van der Waals surface area (Å²) in [7, 11) is -5.38. The molecule has 0 aromatic carbocycles. The molecule has 0 aliphatic rings. The van der Waals surface area contributed by atoms with E-state index in [0.29, 0.717) is 0 Å². The molecule has 14 heavy (non-hydrogen) atoms. The zero-order valence-electron chi connectivity index (χ0n) is 7.37. The SMILES string of the molecule is CC(=O)OCCCC(F)(F)S(=O)(=O)O. The fourth-order valence-corrected chi connectivity index (χ4v) is 1.03. The number of hydrogen-bond donors (Lipinski definition) is 1. The van der Waals surface area contributed by atoms with E-state index in [1.165, 1.54) is 0 Å². The van der Waals surface area contributed by atoms with E-state index in [1.807, 2.05) is 0 Å². The molecule has 0 radical (unpaired) electrons. The molecule has 0 spiro atoms. The van der Waals surface area contributed by atoms with Gasteiger partial charge < -0.3 is 4.74 Å². The molecule has 0 amide bonds. The lowest BCUT2D eigenvalue weighted by Crippen LogP contribution is -2.28. The Bertz CT molecular complexity index is 297. The van der Waals surface area contributed by atoms with Crippen molar-refractivity contribution < 1.29 is 31.3 Å². The quantitative estimate of drug-likeness (QED) is 0.431. The maximum atomic E-state index is 12.5. The highest BCUT2D eigenvalue weighted by Crippen LogP contribution is 2.25. The van der Waals surface area contributed by atoms with E-state index in [-0.39, 0.29) is 13.0 Å². The number of ether oxygens (including phenoxy) is 1. The Morgan fingerprint density at radius 2 is 2.00 bits per heavy atom. The van der Waals surface area contributed by atoms with Crippen LogP contribution in [0.2, 0.25) is 0 Å². The van der Waals surface area contributed by atoms with Gasteiger partial charge in [0, 0.05) is 13.3 Å². The number of hydrogen-bond acceptors (Lipinski definition) is 4. The minimum atomic E-state index is -5.38. The maximum Gasteiger partial charge on any atom is 0.370 e. The Labute approximate surface area is 79.8 Å². The second kappa shape index (κ2) is 4.65. The van der Waals surface area contributed by atoms with Crippen LogP contribution in [0.25, 0.3) is 0 Å². The Hall–Kier alpha value is -0.760. The summed E-state index contributed by atoms with van der Waals surface area (Å²) < 4.78 is 57.5. The predicted molar refractivity (Wildman–Crippen MR) is 42.4 cm³/mol. The van der Waals surface area contributed by atoms with Gasteiger partial charge >= 0.3 is 21.3 Å². The summed E-state index contributed by atoms with van der Waals surface area (Å²) in [4.78, 5) is 10.2. The second-order valence-corrected chi connectivity index (χ2v) is 4.10. The largest absolute Gasteiger partial charge is 0.466 e. The first kappa shape index (κ1) is 13.2. The van der Waals surface area contributed by atoms with E-state index in [9.17, 15) is 22.0 Å². The van der Waals surface area contributed by atoms with Gasteiger partial charge in [0.2, 0.25) is 0 Å². The van der Waals surface area contributed by atoms with Gasteiger partial charge in [-0.25, -0.2) is 0 Å². The van der Waals surface area contributed by atoms with Crippen LogP contribution in [-0.4, -0.2) is 30.8 Å². The summed E-state index contributed by atoms with van der Waals surface area (Å²) in [5.41, 5.74) is 0. The van der Waals surface area contributed by atoms with Crippen molar-refractivity contribution in [2.75, 3.05) is 6.61 Å². The van der Waals surface area contributed by atoms with E-state index < -0.39 is 27.8 Å². The van der Waals surface area contributed by atoms with Crippen LogP contribution in [0.5, 0.6) is 0 Å². The summed E-state index contributed by atoms with van der Waals surface area (Å²) in [6.45, 7) is 0.793. The number of esters is 1. The van der Waals surface area contributed by atoms with Crippen molar-refractivity contribution in [3.05, 3.63) is 0 Å². The van der Waals surface area contributed by atoms with Crippen LogP contribution in [0.1, 0.15) is 19.8 Å². The zero-order valence-corrected chi connectivity index (χ0v) is 8.18. The monoisotopic (exact) mass is 232 g/mol. The van der Waals surface area contributed by atoms with Crippen molar-refractivity contribution in [3.63, 3.8) is 0 Å². The maximum absolute atomic E-state index is 12.5. The van der Waals surface area contributed by atoms with Gasteiger partial charge in [-0.05, 0) is 6.42 Å². The minimum Gasteiger partial charge on any atom is -0.466 e. The molecule has 84 valence electrons. The minimum absolute atomic E-state index is 0.305. The Balaban J connectivity index is 3.96. The van der Waals surface area contributed by atoms with Gasteiger partial charge in [0.15, 0.2) is 0 Å². The topological polar surface area (TPSA) is 80.7 Å². The van der Waals surface area contributed by atoms with Crippen molar-refractivity contribution in [2.45, 2.75) is 25.0 Å². The lowest BCUT2D eigenvalue weighted by Gasteiger charge is -2.11. The zero-order chi connectivity index (χ0) is 11.4. The average molecular weight is 232 g/mol. The first-order chi connectivity index (χ1) is 6.17. The van der Waals surface area contributed by atoms with Crippen molar-refractivity contribution in [1.82, 2.24) is 0 Å². The molecule has 0 bridgehead atoms. The molecule has 0 aliphatic carbocycles. The van der Waals surface area contributed by atoms with Crippen molar-refractivity contribution in [2.24, 2.45) is 0 Å². The third-order valence-electron chi connectivity index (χ3n) is 1.29. The molecule has 0 rings (SSSR count).